The average molecular weight is 329 g/mol. The number of furan rings is 1. The summed E-state index contributed by atoms with van der Waals surface area (Å²) in [6.07, 6.45) is 0.695. The Morgan fingerprint density at radius 2 is 1.90 bits per heavy atom. The predicted molar refractivity (Wildman–Crippen MR) is 83.2 cm³/mol. The molecule has 0 spiro atoms. The molecule has 1 aromatic heterocycles. The van der Waals surface area contributed by atoms with E-state index in [9.17, 15) is 4.79 Å². The SMILES string of the molecule is CCc1oc2cc(Br)ccc2c1C(=O)c1ccccc1. The second-order valence-electron chi connectivity index (χ2n) is 4.59. The lowest BCUT2D eigenvalue weighted by atomic mass is 9.99. The standard InChI is InChI=1S/C17H13BrO2/c1-2-14-16(17(19)11-6-4-3-5-7-11)13-9-8-12(18)10-15(13)20-14/h3-10H,2H2,1H3. The average Bonchev–Trinajstić information content (AvgIpc) is 2.84. The molecule has 0 N–H and O–H groups in total. The van der Waals surface area contributed by atoms with Crippen molar-refractivity contribution in [2.24, 2.45) is 0 Å². The maximum atomic E-state index is 12.7. The summed E-state index contributed by atoms with van der Waals surface area (Å²) in [7, 11) is 0. The van der Waals surface area contributed by atoms with Crippen LogP contribution in [0.5, 0.6) is 0 Å². The number of rotatable bonds is 3. The van der Waals surface area contributed by atoms with Crippen molar-refractivity contribution in [2.75, 3.05) is 0 Å². The highest BCUT2D eigenvalue weighted by Crippen LogP contribution is 2.30. The monoisotopic (exact) mass is 328 g/mol. The van der Waals surface area contributed by atoms with E-state index in [0.717, 1.165) is 21.2 Å². The van der Waals surface area contributed by atoms with E-state index < -0.39 is 0 Å². The number of hydrogen-bond donors (Lipinski definition) is 0. The lowest BCUT2D eigenvalue weighted by Gasteiger charge is -2.01. The van der Waals surface area contributed by atoms with Gasteiger partial charge >= 0.3 is 0 Å². The van der Waals surface area contributed by atoms with E-state index in [4.69, 9.17) is 4.42 Å². The summed E-state index contributed by atoms with van der Waals surface area (Å²) in [6.45, 7) is 1.99. The molecule has 1 heterocycles. The molecule has 0 aliphatic rings. The van der Waals surface area contributed by atoms with Crippen LogP contribution in [0.1, 0.15) is 28.6 Å². The molecule has 20 heavy (non-hydrogen) atoms. The molecule has 0 amide bonds. The molecule has 100 valence electrons. The summed E-state index contributed by atoms with van der Waals surface area (Å²) in [4.78, 5) is 12.7. The van der Waals surface area contributed by atoms with Crippen molar-refractivity contribution in [2.45, 2.75) is 13.3 Å². The van der Waals surface area contributed by atoms with E-state index in [1.165, 1.54) is 0 Å². The number of ketones is 1. The van der Waals surface area contributed by atoms with Crippen molar-refractivity contribution in [3.8, 4) is 0 Å². The Morgan fingerprint density at radius 3 is 2.60 bits per heavy atom. The maximum absolute atomic E-state index is 12.7. The molecule has 0 unspecified atom stereocenters. The number of halogens is 1. The van der Waals surface area contributed by atoms with Gasteiger partial charge in [0.15, 0.2) is 5.78 Å². The molecule has 3 aromatic rings. The molecule has 0 saturated heterocycles. The Labute approximate surface area is 125 Å². The van der Waals surface area contributed by atoms with Gasteiger partial charge in [-0.2, -0.15) is 0 Å². The minimum atomic E-state index is 0.0172. The fourth-order valence-electron chi connectivity index (χ4n) is 2.35. The first-order valence-corrected chi connectivity index (χ1v) is 7.30. The molecule has 0 fully saturated rings. The van der Waals surface area contributed by atoms with Crippen LogP contribution in [0.2, 0.25) is 0 Å². The molecular weight excluding hydrogens is 316 g/mol. The van der Waals surface area contributed by atoms with Gasteiger partial charge in [-0.1, -0.05) is 53.2 Å². The molecule has 3 rings (SSSR count). The van der Waals surface area contributed by atoms with Crippen LogP contribution in [0.4, 0.5) is 0 Å². The number of fused-ring (bicyclic) bond motifs is 1. The Kier molecular flexibility index (Phi) is 3.45. The highest BCUT2D eigenvalue weighted by Gasteiger charge is 2.20. The molecule has 2 nitrogen and oxygen atoms in total. The minimum absolute atomic E-state index is 0.0172. The van der Waals surface area contributed by atoms with Crippen LogP contribution in [0.15, 0.2) is 57.4 Å². The summed E-state index contributed by atoms with van der Waals surface area (Å²) in [5, 5.41) is 0.874. The Hall–Kier alpha value is -1.87. The zero-order valence-electron chi connectivity index (χ0n) is 11.0. The fraction of sp³-hybridized carbons (Fsp3) is 0.118. The van der Waals surface area contributed by atoms with Crippen LogP contribution < -0.4 is 0 Å². The third kappa shape index (κ3) is 2.18. The fourth-order valence-corrected chi connectivity index (χ4v) is 2.69. The lowest BCUT2D eigenvalue weighted by Crippen LogP contribution is -2.03. The summed E-state index contributed by atoms with van der Waals surface area (Å²) < 4.78 is 6.77. The van der Waals surface area contributed by atoms with Crippen molar-refractivity contribution in [1.82, 2.24) is 0 Å². The van der Waals surface area contributed by atoms with E-state index in [0.29, 0.717) is 17.5 Å². The van der Waals surface area contributed by atoms with E-state index in [2.05, 4.69) is 15.9 Å². The van der Waals surface area contributed by atoms with Gasteiger partial charge < -0.3 is 4.42 Å². The molecule has 0 bridgehead atoms. The number of aryl methyl sites for hydroxylation is 1. The highest BCUT2D eigenvalue weighted by atomic mass is 79.9. The summed E-state index contributed by atoms with van der Waals surface area (Å²) in [6, 6.07) is 15.1. The number of hydrogen-bond acceptors (Lipinski definition) is 2. The second kappa shape index (κ2) is 5.25. The van der Waals surface area contributed by atoms with Gasteiger partial charge in [0.25, 0.3) is 0 Å². The quantitative estimate of drug-likeness (QED) is 0.634. The Bertz CT molecular complexity index is 772. The first-order chi connectivity index (χ1) is 9.70. The van der Waals surface area contributed by atoms with Gasteiger partial charge in [-0.15, -0.1) is 0 Å². The first kappa shape index (κ1) is 13.1. The topological polar surface area (TPSA) is 30.2 Å². The van der Waals surface area contributed by atoms with Gasteiger partial charge in [-0.25, -0.2) is 0 Å². The van der Waals surface area contributed by atoms with Crippen molar-refractivity contribution < 1.29 is 9.21 Å². The van der Waals surface area contributed by atoms with Crippen LogP contribution in [0.3, 0.4) is 0 Å². The summed E-state index contributed by atoms with van der Waals surface area (Å²) >= 11 is 3.43. The molecule has 0 radical (unpaired) electrons. The third-order valence-corrected chi connectivity index (χ3v) is 3.80. The molecule has 2 aromatic carbocycles. The van der Waals surface area contributed by atoms with Gasteiger partial charge in [-0.05, 0) is 18.2 Å². The zero-order valence-corrected chi connectivity index (χ0v) is 12.6. The highest BCUT2D eigenvalue weighted by molar-refractivity contribution is 9.10. The van der Waals surface area contributed by atoms with Crippen LogP contribution in [-0.4, -0.2) is 5.78 Å². The zero-order chi connectivity index (χ0) is 14.1. The first-order valence-electron chi connectivity index (χ1n) is 6.51. The van der Waals surface area contributed by atoms with E-state index in [1.807, 2.05) is 55.5 Å². The largest absolute Gasteiger partial charge is 0.460 e. The Morgan fingerprint density at radius 1 is 1.15 bits per heavy atom. The number of carbonyl (C=O) groups is 1. The van der Waals surface area contributed by atoms with Crippen LogP contribution in [-0.2, 0) is 6.42 Å². The van der Waals surface area contributed by atoms with Gasteiger partial charge in [0.2, 0.25) is 0 Å². The van der Waals surface area contributed by atoms with Crippen molar-refractivity contribution >= 4 is 32.7 Å². The van der Waals surface area contributed by atoms with E-state index >= 15 is 0 Å². The molecule has 0 atom stereocenters. The van der Waals surface area contributed by atoms with Crippen LogP contribution in [0.25, 0.3) is 11.0 Å². The smallest absolute Gasteiger partial charge is 0.197 e. The molecule has 0 aliphatic heterocycles. The summed E-state index contributed by atoms with van der Waals surface area (Å²) in [5.41, 5.74) is 2.12. The normalized spacial score (nSPS) is 10.9. The van der Waals surface area contributed by atoms with Crippen molar-refractivity contribution in [1.29, 1.82) is 0 Å². The molecular formula is C17H13BrO2. The third-order valence-electron chi connectivity index (χ3n) is 3.31. The molecule has 0 saturated carbocycles. The Balaban J connectivity index is 2.22. The van der Waals surface area contributed by atoms with E-state index in [-0.39, 0.29) is 5.78 Å². The van der Waals surface area contributed by atoms with Gasteiger partial charge in [0.05, 0.1) is 5.56 Å². The van der Waals surface area contributed by atoms with Crippen molar-refractivity contribution in [3.63, 3.8) is 0 Å². The van der Waals surface area contributed by atoms with Gasteiger partial charge in [0.1, 0.15) is 11.3 Å². The lowest BCUT2D eigenvalue weighted by molar-refractivity contribution is 0.103. The molecule has 0 aliphatic carbocycles. The predicted octanol–water partition coefficient (Wildman–Crippen LogP) is 4.99. The minimum Gasteiger partial charge on any atom is -0.460 e. The maximum Gasteiger partial charge on any atom is 0.197 e. The summed E-state index contributed by atoms with van der Waals surface area (Å²) in [5.74, 6) is 0.760. The second-order valence-corrected chi connectivity index (χ2v) is 5.51. The number of carbonyl (C=O) groups excluding carboxylic acids is 1. The molecule has 3 heteroatoms. The van der Waals surface area contributed by atoms with Gasteiger partial charge in [-0.3, -0.25) is 4.79 Å². The van der Waals surface area contributed by atoms with Crippen molar-refractivity contribution in [3.05, 3.63) is 69.9 Å². The van der Waals surface area contributed by atoms with Crippen LogP contribution in [0, 0.1) is 0 Å². The van der Waals surface area contributed by atoms with Gasteiger partial charge in [0, 0.05) is 21.8 Å². The number of benzene rings is 2. The van der Waals surface area contributed by atoms with Crippen LogP contribution >= 0.6 is 15.9 Å². The van der Waals surface area contributed by atoms with E-state index in [1.54, 1.807) is 0 Å².